The first-order chi connectivity index (χ1) is 8.63. The van der Waals surface area contributed by atoms with E-state index in [2.05, 4.69) is 16.0 Å². The molecule has 0 spiro atoms. The fourth-order valence-electron chi connectivity index (χ4n) is 1.61. The Labute approximate surface area is 106 Å². The van der Waals surface area contributed by atoms with Gasteiger partial charge in [0.05, 0.1) is 0 Å². The van der Waals surface area contributed by atoms with E-state index in [1.165, 1.54) is 0 Å². The van der Waals surface area contributed by atoms with Gasteiger partial charge in [-0.2, -0.15) is 5.26 Å². The van der Waals surface area contributed by atoms with Crippen molar-refractivity contribution in [2.24, 2.45) is 0 Å². The van der Waals surface area contributed by atoms with Gasteiger partial charge in [-0.05, 0) is 43.7 Å². The predicted octanol–water partition coefficient (Wildman–Crippen LogP) is 2.66. The fraction of sp³-hybridized carbons (Fsp3) is 0.214. The molecule has 0 fully saturated rings. The first kappa shape index (κ1) is 12.1. The van der Waals surface area contributed by atoms with Crippen LogP contribution in [0.25, 0.3) is 0 Å². The first-order valence-corrected chi connectivity index (χ1v) is 5.58. The molecule has 0 aliphatic carbocycles. The average molecular weight is 239 g/mol. The van der Waals surface area contributed by atoms with E-state index in [1.807, 2.05) is 26.0 Å². The third kappa shape index (κ3) is 2.46. The quantitative estimate of drug-likeness (QED) is 0.826. The van der Waals surface area contributed by atoms with Crippen LogP contribution in [0.15, 0.2) is 42.9 Å². The van der Waals surface area contributed by atoms with E-state index in [-0.39, 0.29) is 0 Å². The van der Waals surface area contributed by atoms with Crippen LogP contribution in [0.4, 0.5) is 0 Å². The van der Waals surface area contributed by atoms with Gasteiger partial charge >= 0.3 is 0 Å². The van der Waals surface area contributed by atoms with Gasteiger partial charge in [0, 0.05) is 18.6 Å². The minimum atomic E-state index is -0.567. The van der Waals surface area contributed by atoms with Crippen LogP contribution in [-0.2, 0) is 5.60 Å². The zero-order chi connectivity index (χ0) is 13.0. The van der Waals surface area contributed by atoms with E-state index in [0.29, 0.717) is 11.4 Å². The van der Waals surface area contributed by atoms with E-state index in [9.17, 15) is 0 Å². The van der Waals surface area contributed by atoms with Gasteiger partial charge in [-0.3, -0.25) is 4.98 Å². The fourth-order valence-corrected chi connectivity index (χ4v) is 1.61. The second-order valence-electron chi connectivity index (χ2n) is 4.32. The Morgan fingerprint density at radius 2 is 1.89 bits per heavy atom. The number of hydrogen-bond donors (Lipinski definition) is 0. The maximum absolute atomic E-state index is 9.01. The van der Waals surface area contributed by atoms with Crippen LogP contribution in [0.5, 0.6) is 5.88 Å². The van der Waals surface area contributed by atoms with Crippen molar-refractivity contribution >= 4 is 0 Å². The van der Waals surface area contributed by atoms with Gasteiger partial charge in [0.25, 0.3) is 0 Å². The molecule has 2 heterocycles. The molecule has 0 bridgehead atoms. The Morgan fingerprint density at radius 1 is 1.17 bits per heavy atom. The molecule has 2 aromatic rings. The highest BCUT2D eigenvalue weighted by atomic mass is 16.5. The summed E-state index contributed by atoms with van der Waals surface area (Å²) < 4.78 is 5.85. The van der Waals surface area contributed by atoms with Crippen molar-refractivity contribution in [3.8, 4) is 11.9 Å². The van der Waals surface area contributed by atoms with E-state index in [4.69, 9.17) is 10.00 Å². The Kier molecular flexibility index (Phi) is 3.24. The van der Waals surface area contributed by atoms with Crippen LogP contribution in [0.3, 0.4) is 0 Å². The molecule has 0 atom stereocenters. The summed E-state index contributed by atoms with van der Waals surface area (Å²) in [5.41, 5.74) is 0.842. The maximum atomic E-state index is 9.01. The third-order valence-electron chi connectivity index (χ3n) is 2.62. The summed E-state index contributed by atoms with van der Waals surface area (Å²) in [5.74, 6) is 0.349. The predicted molar refractivity (Wildman–Crippen MR) is 66.8 cm³/mol. The molecule has 4 nitrogen and oxygen atoms in total. The average Bonchev–Trinajstić information content (AvgIpc) is 2.40. The van der Waals surface area contributed by atoms with Gasteiger partial charge in [0.15, 0.2) is 0 Å². The number of nitrogens with zero attached hydrogens (tertiary/aromatic N) is 3. The molecular formula is C14H13N3O. The second-order valence-corrected chi connectivity index (χ2v) is 4.32. The largest absolute Gasteiger partial charge is 0.466 e. The summed E-state index contributed by atoms with van der Waals surface area (Å²) >= 11 is 0. The number of pyridine rings is 2. The van der Waals surface area contributed by atoms with Crippen LogP contribution in [0.1, 0.15) is 25.0 Å². The summed E-state index contributed by atoms with van der Waals surface area (Å²) in [4.78, 5) is 8.08. The molecule has 0 aliphatic rings. The molecule has 0 aromatic carbocycles. The molecule has 18 heavy (non-hydrogen) atoms. The Hall–Kier alpha value is -2.41. The molecule has 4 heteroatoms. The lowest BCUT2D eigenvalue weighted by Crippen LogP contribution is -2.26. The van der Waals surface area contributed by atoms with Gasteiger partial charge in [-0.25, -0.2) is 4.98 Å². The molecular weight excluding hydrogens is 226 g/mol. The molecule has 2 aromatic heterocycles. The van der Waals surface area contributed by atoms with E-state index < -0.39 is 5.60 Å². The normalized spacial score (nSPS) is 10.7. The highest BCUT2D eigenvalue weighted by Crippen LogP contribution is 2.27. The third-order valence-corrected chi connectivity index (χ3v) is 2.62. The van der Waals surface area contributed by atoms with Crippen molar-refractivity contribution < 1.29 is 4.74 Å². The van der Waals surface area contributed by atoms with Crippen LogP contribution in [0.2, 0.25) is 0 Å². The van der Waals surface area contributed by atoms with Gasteiger partial charge in [-0.15, -0.1) is 0 Å². The zero-order valence-electron chi connectivity index (χ0n) is 10.3. The highest BCUT2D eigenvalue weighted by Gasteiger charge is 2.24. The lowest BCUT2D eigenvalue weighted by molar-refractivity contribution is 0.102. The van der Waals surface area contributed by atoms with E-state index >= 15 is 0 Å². The van der Waals surface area contributed by atoms with Crippen molar-refractivity contribution in [1.29, 1.82) is 5.26 Å². The second kappa shape index (κ2) is 4.84. The molecule has 0 saturated heterocycles. The molecule has 0 aliphatic heterocycles. The number of rotatable bonds is 3. The van der Waals surface area contributed by atoms with Crippen molar-refractivity contribution in [2.45, 2.75) is 19.4 Å². The Morgan fingerprint density at radius 3 is 2.56 bits per heavy atom. The minimum Gasteiger partial charge on any atom is -0.466 e. The van der Waals surface area contributed by atoms with Crippen molar-refractivity contribution in [3.63, 3.8) is 0 Å². The molecule has 0 saturated carbocycles. The smallest absolute Gasteiger partial charge is 0.232 e. The molecule has 90 valence electrons. The summed E-state index contributed by atoms with van der Waals surface area (Å²) in [5, 5.41) is 9.01. The highest BCUT2D eigenvalue weighted by molar-refractivity contribution is 5.38. The van der Waals surface area contributed by atoms with Gasteiger partial charge in [-0.1, -0.05) is 0 Å². The standard InChI is InChI=1S/C14H13N3O/c1-14(2,12-5-8-16-9-6-12)18-13-11(10-15)4-3-7-17-13/h3-9H,1-2H3. The molecule has 0 unspecified atom stereocenters. The topological polar surface area (TPSA) is 58.8 Å². The monoisotopic (exact) mass is 239 g/mol. The lowest BCUT2D eigenvalue weighted by atomic mass is 9.99. The minimum absolute atomic E-state index is 0.349. The Bertz CT molecular complexity index is 573. The van der Waals surface area contributed by atoms with Crippen molar-refractivity contribution in [3.05, 3.63) is 54.0 Å². The van der Waals surface area contributed by atoms with Crippen LogP contribution >= 0.6 is 0 Å². The summed E-state index contributed by atoms with van der Waals surface area (Å²) in [6.45, 7) is 3.86. The molecule has 0 radical (unpaired) electrons. The molecule has 2 rings (SSSR count). The van der Waals surface area contributed by atoms with E-state index in [0.717, 1.165) is 5.56 Å². The summed E-state index contributed by atoms with van der Waals surface area (Å²) in [7, 11) is 0. The van der Waals surface area contributed by atoms with E-state index in [1.54, 1.807) is 30.7 Å². The van der Waals surface area contributed by atoms with Crippen LogP contribution < -0.4 is 4.74 Å². The zero-order valence-corrected chi connectivity index (χ0v) is 10.3. The lowest BCUT2D eigenvalue weighted by Gasteiger charge is -2.26. The van der Waals surface area contributed by atoms with Crippen molar-refractivity contribution in [1.82, 2.24) is 9.97 Å². The number of aromatic nitrogens is 2. The first-order valence-electron chi connectivity index (χ1n) is 5.58. The number of ether oxygens (including phenoxy) is 1. The van der Waals surface area contributed by atoms with Gasteiger partial charge in [0.2, 0.25) is 5.88 Å². The van der Waals surface area contributed by atoms with Gasteiger partial charge in [0.1, 0.15) is 17.2 Å². The Balaban J connectivity index is 2.31. The van der Waals surface area contributed by atoms with Crippen LogP contribution in [0, 0.1) is 11.3 Å². The summed E-state index contributed by atoms with van der Waals surface area (Å²) in [6.07, 6.45) is 5.03. The molecule has 0 N–H and O–H groups in total. The van der Waals surface area contributed by atoms with Crippen LogP contribution in [-0.4, -0.2) is 9.97 Å². The van der Waals surface area contributed by atoms with Crippen molar-refractivity contribution in [2.75, 3.05) is 0 Å². The number of nitriles is 1. The SMILES string of the molecule is CC(C)(Oc1ncccc1C#N)c1ccncc1. The number of hydrogen-bond acceptors (Lipinski definition) is 4. The summed E-state index contributed by atoms with van der Waals surface area (Å²) in [6, 6.07) is 9.24. The maximum Gasteiger partial charge on any atom is 0.232 e. The van der Waals surface area contributed by atoms with Gasteiger partial charge < -0.3 is 4.74 Å². The molecule has 0 amide bonds.